The van der Waals surface area contributed by atoms with E-state index in [1.807, 2.05) is 31.2 Å². The summed E-state index contributed by atoms with van der Waals surface area (Å²) in [5, 5.41) is 0. The van der Waals surface area contributed by atoms with Gasteiger partial charge in [0.15, 0.2) is 0 Å². The van der Waals surface area contributed by atoms with Gasteiger partial charge in [0.25, 0.3) is 0 Å². The van der Waals surface area contributed by atoms with Gasteiger partial charge in [-0.1, -0.05) is 24.3 Å². The molecule has 7 heteroatoms. The van der Waals surface area contributed by atoms with E-state index in [0.29, 0.717) is 6.54 Å². The van der Waals surface area contributed by atoms with Crippen LogP contribution in [0.15, 0.2) is 53.4 Å². The topological polar surface area (TPSA) is 66.5 Å². The number of sulfonamides is 1. The zero-order chi connectivity index (χ0) is 18.4. The molecule has 0 unspecified atom stereocenters. The number of amides is 1. The molecule has 0 atom stereocenters. The highest BCUT2D eigenvalue weighted by molar-refractivity contribution is 7.89. The lowest BCUT2D eigenvalue weighted by molar-refractivity contribution is -0.129. The van der Waals surface area contributed by atoms with Crippen molar-refractivity contribution in [3.63, 3.8) is 0 Å². The average Bonchev–Trinajstić information content (AvgIpc) is 2.56. The van der Waals surface area contributed by atoms with Crippen LogP contribution in [0.5, 0.6) is 0 Å². The van der Waals surface area contributed by atoms with Crippen LogP contribution in [0.2, 0.25) is 0 Å². The van der Waals surface area contributed by atoms with E-state index in [2.05, 4.69) is 4.72 Å². The molecule has 2 rings (SSSR count). The summed E-state index contributed by atoms with van der Waals surface area (Å²) < 4.78 is 39.7. The van der Waals surface area contributed by atoms with Gasteiger partial charge >= 0.3 is 0 Å². The molecule has 0 saturated carbocycles. The molecule has 0 heterocycles. The molecule has 25 heavy (non-hydrogen) atoms. The summed E-state index contributed by atoms with van der Waals surface area (Å²) in [7, 11) is -3.73. The van der Waals surface area contributed by atoms with E-state index in [0.717, 1.165) is 23.3 Å². The number of nitrogens with one attached hydrogen (secondary N) is 1. The minimum absolute atomic E-state index is 0.0119. The van der Waals surface area contributed by atoms with Crippen molar-refractivity contribution in [3.05, 3.63) is 65.5 Å². The first-order valence-electron chi connectivity index (χ1n) is 7.85. The molecule has 0 radical (unpaired) electrons. The van der Waals surface area contributed by atoms with Crippen LogP contribution in [0.25, 0.3) is 0 Å². The summed E-state index contributed by atoms with van der Waals surface area (Å²) in [5.41, 5.74) is 2.08. The van der Waals surface area contributed by atoms with Crippen molar-refractivity contribution < 1.29 is 17.6 Å². The third-order valence-corrected chi connectivity index (χ3v) is 5.34. The van der Waals surface area contributed by atoms with E-state index < -0.39 is 15.8 Å². The number of aryl methyl sites for hydroxylation is 1. The molecular formula is C18H21FN2O3S. The Bertz CT molecular complexity index is 836. The zero-order valence-electron chi connectivity index (χ0n) is 14.2. The van der Waals surface area contributed by atoms with E-state index in [4.69, 9.17) is 0 Å². The second-order valence-electron chi connectivity index (χ2n) is 5.72. The number of carbonyl (C=O) groups excluding carboxylic acids is 1. The van der Waals surface area contributed by atoms with Crippen LogP contribution >= 0.6 is 0 Å². The highest BCUT2D eigenvalue weighted by atomic mass is 32.2. The largest absolute Gasteiger partial charge is 0.337 e. The Labute approximate surface area is 147 Å². The average molecular weight is 364 g/mol. The first-order valence-corrected chi connectivity index (χ1v) is 9.33. The second-order valence-corrected chi connectivity index (χ2v) is 7.49. The molecule has 0 bridgehead atoms. The highest BCUT2D eigenvalue weighted by Gasteiger charge is 2.16. The van der Waals surface area contributed by atoms with Crippen molar-refractivity contribution in [1.29, 1.82) is 0 Å². The Hall–Kier alpha value is -2.25. The molecule has 0 aliphatic rings. The van der Waals surface area contributed by atoms with Crippen LogP contribution in [0.4, 0.5) is 4.39 Å². The molecule has 2 aromatic carbocycles. The lowest BCUT2D eigenvalue weighted by Gasteiger charge is -2.22. The fourth-order valence-corrected chi connectivity index (χ4v) is 3.37. The fourth-order valence-electron chi connectivity index (χ4n) is 2.35. The van der Waals surface area contributed by atoms with E-state index in [9.17, 15) is 17.6 Å². The summed E-state index contributed by atoms with van der Waals surface area (Å²) in [6.45, 7) is 4.15. The minimum Gasteiger partial charge on any atom is -0.337 e. The molecule has 1 N–H and O–H groups in total. The molecule has 0 aliphatic heterocycles. The molecule has 2 aromatic rings. The molecule has 0 aromatic heterocycles. The van der Waals surface area contributed by atoms with E-state index in [1.165, 1.54) is 19.1 Å². The van der Waals surface area contributed by atoms with Gasteiger partial charge in [-0.05, 0) is 42.3 Å². The van der Waals surface area contributed by atoms with Crippen molar-refractivity contribution in [2.45, 2.75) is 25.3 Å². The monoisotopic (exact) mass is 364 g/mol. The van der Waals surface area contributed by atoms with Gasteiger partial charge in [0.05, 0.1) is 4.90 Å². The summed E-state index contributed by atoms with van der Waals surface area (Å²) in [5.74, 6) is -0.635. The van der Waals surface area contributed by atoms with Crippen molar-refractivity contribution in [2.75, 3.05) is 13.1 Å². The molecular weight excluding hydrogens is 343 g/mol. The predicted octanol–water partition coefficient (Wildman–Crippen LogP) is 2.46. The summed E-state index contributed by atoms with van der Waals surface area (Å²) in [4.78, 5) is 13.4. The van der Waals surface area contributed by atoms with Gasteiger partial charge in [-0.3, -0.25) is 4.79 Å². The molecule has 0 aliphatic carbocycles. The van der Waals surface area contributed by atoms with Gasteiger partial charge in [0.1, 0.15) is 5.82 Å². The fraction of sp³-hybridized carbons (Fsp3) is 0.278. The predicted molar refractivity (Wildman–Crippen MR) is 93.9 cm³/mol. The van der Waals surface area contributed by atoms with Gasteiger partial charge in [0.2, 0.25) is 15.9 Å². The number of halogens is 1. The van der Waals surface area contributed by atoms with E-state index in [-0.39, 0.29) is 23.9 Å². The third kappa shape index (κ3) is 5.37. The Kier molecular flexibility index (Phi) is 6.27. The first-order chi connectivity index (χ1) is 11.8. The number of benzene rings is 2. The third-order valence-electron chi connectivity index (χ3n) is 3.87. The lowest BCUT2D eigenvalue weighted by atomic mass is 10.1. The standard InChI is InChI=1S/C18H21FN2O3S/c1-14-5-3-4-6-16(14)13-21(15(2)22)12-11-20-25(23,24)18-9-7-17(19)8-10-18/h3-10,20H,11-13H2,1-2H3. The van der Waals surface area contributed by atoms with Crippen LogP contribution in [-0.2, 0) is 21.4 Å². The van der Waals surface area contributed by atoms with E-state index in [1.54, 1.807) is 4.90 Å². The van der Waals surface area contributed by atoms with Crippen molar-refractivity contribution in [3.8, 4) is 0 Å². The Morgan fingerprint density at radius 3 is 2.36 bits per heavy atom. The maximum absolute atomic E-state index is 12.9. The van der Waals surface area contributed by atoms with Crippen molar-refractivity contribution in [2.24, 2.45) is 0 Å². The number of hydrogen-bond donors (Lipinski definition) is 1. The molecule has 134 valence electrons. The quantitative estimate of drug-likeness (QED) is 0.821. The SMILES string of the molecule is CC(=O)N(CCNS(=O)(=O)c1ccc(F)cc1)Cc1ccccc1C. The first kappa shape index (κ1) is 19.1. The normalized spacial score (nSPS) is 11.3. The summed E-state index contributed by atoms with van der Waals surface area (Å²) in [6, 6.07) is 12.3. The van der Waals surface area contributed by atoms with Crippen LogP contribution in [0.3, 0.4) is 0 Å². The molecule has 0 saturated heterocycles. The van der Waals surface area contributed by atoms with Gasteiger partial charge < -0.3 is 4.90 Å². The van der Waals surface area contributed by atoms with Crippen molar-refractivity contribution >= 4 is 15.9 Å². The molecule has 0 spiro atoms. The van der Waals surface area contributed by atoms with Crippen LogP contribution in [0.1, 0.15) is 18.1 Å². The van der Waals surface area contributed by atoms with E-state index >= 15 is 0 Å². The maximum Gasteiger partial charge on any atom is 0.240 e. The Morgan fingerprint density at radius 1 is 1.12 bits per heavy atom. The lowest BCUT2D eigenvalue weighted by Crippen LogP contribution is -2.37. The minimum atomic E-state index is -3.73. The summed E-state index contributed by atoms with van der Waals surface area (Å²) in [6.07, 6.45) is 0. The van der Waals surface area contributed by atoms with Gasteiger partial charge in [-0.15, -0.1) is 0 Å². The van der Waals surface area contributed by atoms with Gasteiger partial charge in [0, 0.05) is 26.6 Å². The smallest absolute Gasteiger partial charge is 0.240 e. The zero-order valence-corrected chi connectivity index (χ0v) is 15.0. The van der Waals surface area contributed by atoms with Gasteiger partial charge in [-0.25, -0.2) is 17.5 Å². The molecule has 5 nitrogen and oxygen atoms in total. The van der Waals surface area contributed by atoms with Crippen LogP contribution in [-0.4, -0.2) is 32.3 Å². The summed E-state index contributed by atoms with van der Waals surface area (Å²) >= 11 is 0. The Balaban J connectivity index is 1.98. The number of nitrogens with zero attached hydrogens (tertiary/aromatic N) is 1. The van der Waals surface area contributed by atoms with Gasteiger partial charge in [-0.2, -0.15) is 0 Å². The van der Waals surface area contributed by atoms with Crippen LogP contribution in [0, 0.1) is 12.7 Å². The molecule has 1 amide bonds. The van der Waals surface area contributed by atoms with Crippen LogP contribution < -0.4 is 4.72 Å². The maximum atomic E-state index is 12.9. The highest BCUT2D eigenvalue weighted by Crippen LogP contribution is 2.11. The number of carbonyl (C=O) groups is 1. The second kappa shape index (κ2) is 8.22. The Morgan fingerprint density at radius 2 is 1.76 bits per heavy atom. The number of rotatable bonds is 7. The number of hydrogen-bond acceptors (Lipinski definition) is 3. The van der Waals surface area contributed by atoms with Crippen molar-refractivity contribution in [1.82, 2.24) is 9.62 Å². The molecule has 0 fully saturated rings.